The average molecular weight is 187 g/mol. The van der Waals surface area contributed by atoms with E-state index in [1.54, 1.807) is 5.48 Å². The van der Waals surface area contributed by atoms with Crippen LogP contribution in [0.5, 0.6) is 11.5 Å². The molecule has 0 saturated heterocycles. The number of phenolic OH excluding ortho intramolecular Hbond substituents is 1. The number of nitrogens with one attached hydrogen (secondary N) is 1. The Balaban J connectivity index is 3.13. The van der Waals surface area contributed by atoms with Crippen LogP contribution in [0.25, 0.3) is 0 Å². The summed E-state index contributed by atoms with van der Waals surface area (Å²) >= 11 is 0. The molecule has 72 valence electrons. The number of phenols is 1. The maximum absolute atomic E-state index is 13.0. The number of hydrogen-bond acceptors (Lipinski definition) is 4. The summed E-state index contributed by atoms with van der Waals surface area (Å²) in [6, 6.07) is 2.47. The van der Waals surface area contributed by atoms with Gasteiger partial charge in [-0.25, -0.2) is 9.87 Å². The Labute approximate surface area is 74.5 Å². The van der Waals surface area contributed by atoms with Crippen LogP contribution in [-0.4, -0.2) is 17.4 Å². The van der Waals surface area contributed by atoms with Crippen molar-refractivity contribution >= 4 is 0 Å². The van der Waals surface area contributed by atoms with Crippen molar-refractivity contribution in [3.63, 3.8) is 0 Å². The molecular formula is C8H10FNO3. The number of halogens is 1. The van der Waals surface area contributed by atoms with Gasteiger partial charge in [-0.15, -0.1) is 0 Å². The van der Waals surface area contributed by atoms with E-state index in [0.717, 1.165) is 6.07 Å². The standard InChI is InChI=1S/C8H10FNO3/c1-13-7-3-2-6(9)5(4-10-12)8(7)11/h2-3,10-12H,4H2,1H3. The molecule has 0 aliphatic heterocycles. The van der Waals surface area contributed by atoms with Gasteiger partial charge in [-0.05, 0) is 12.1 Å². The molecule has 0 aliphatic carbocycles. The molecule has 0 fully saturated rings. The Kier molecular flexibility index (Phi) is 3.05. The maximum atomic E-state index is 13.0. The van der Waals surface area contributed by atoms with Gasteiger partial charge >= 0.3 is 0 Å². The van der Waals surface area contributed by atoms with E-state index in [0.29, 0.717) is 0 Å². The van der Waals surface area contributed by atoms with Crippen molar-refractivity contribution in [2.75, 3.05) is 7.11 Å². The second-order valence-electron chi connectivity index (χ2n) is 2.41. The van der Waals surface area contributed by atoms with E-state index in [-0.39, 0.29) is 23.6 Å². The first-order chi connectivity index (χ1) is 6.20. The molecule has 0 spiro atoms. The highest BCUT2D eigenvalue weighted by molar-refractivity contribution is 5.46. The molecule has 0 heterocycles. The fourth-order valence-electron chi connectivity index (χ4n) is 1.00. The Bertz CT molecular complexity index is 304. The quantitative estimate of drug-likeness (QED) is 0.618. The van der Waals surface area contributed by atoms with Crippen molar-refractivity contribution in [1.82, 2.24) is 5.48 Å². The summed E-state index contributed by atoms with van der Waals surface area (Å²) in [7, 11) is 1.36. The summed E-state index contributed by atoms with van der Waals surface area (Å²) in [5, 5.41) is 17.7. The Morgan fingerprint density at radius 2 is 2.23 bits per heavy atom. The first kappa shape index (κ1) is 9.76. The van der Waals surface area contributed by atoms with Crippen LogP contribution in [0.2, 0.25) is 0 Å². The van der Waals surface area contributed by atoms with Gasteiger partial charge in [0.2, 0.25) is 0 Å². The van der Waals surface area contributed by atoms with Crippen LogP contribution in [0, 0.1) is 5.82 Å². The zero-order valence-electron chi connectivity index (χ0n) is 7.04. The van der Waals surface area contributed by atoms with E-state index >= 15 is 0 Å². The molecule has 0 amide bonds. The summed E-state index contributed by atoms with van der Waals surface area (Å²) in [5.41, 5.74) is 1.74. The molecule has 0 aliphatic rings. The highest BCUT2D eigenvalue weighted by atomic mass is 19.1. The summed E-state index contributed by atoms with van der Waals surface area (Å²) in [6.07, 6.45) is 0. The van der Waals surface area contributed by atoms with Crippen molar-refractivity contribution in [2.24, 2.45) is 0 Å². The van der Waals surface area contributed by atoms with E-state index in [4.69, 9.17) is 9.94 Å². The molecule has 1 aromatic rings. The molecule has 0 saturated carbocycles. The number of benzene rings is 1. The highest BCUT2D eigenvalue weighted by Gasteiger charge is 2.12. The third-order valence-corrected chi connectivity index (χ3v) is 1.66. The molecule has 1 aromatic carbocycles. The molecule has 3 N–H and O–H groups in total. The van der Waals surface area contributed by atoms with Gasteiger partial charge in [0.05, 0.1) is 13.7 Å². The minimum absolute atomic E-state index is 0.0261. The van der Waals surface area contributed by atoms with Crippen LogP contribution in [0.3, 0.4) is 0 Å². The second kappa shape index (κ2) is 4.06. The summed E-state index contributed by atoms with van der Waals surface area (Å²) in [6.45, 7) is -0.172. The molecule has 1 rings (SSSR count). The largest absolute Gasteiger partial charge is 0.504 e. The zero-order chi connectivity index (χ0) is 9.84. The number of methoxy groups -OCH3 is 1. The molecule has 0 bridgehead atoms. The van der Waals surface area contributed by atoms with Gasteiger partial charge in [0, 0.05) is 5.56 Å². The van der Waals surface area contributed by atoms with Crippen molar-refractivity contribution in [3.8, 4) is 11.5 Å². The monoisotopic (exact) mass is 187 g/mol. The topological polar surface area (TPSA) is 61.7 Å². The lowest BCUT2D eigenvalue weighted by Gasteiger charge is -2.08. The third-order valence-electron chi connectivity index (χ3n) is 1.66. The Hall–Kier alpha value is -1.33. The van der Waals surface area contributed by atoms with Gasteiger partial charge in [-0.2, -0.15) is 0 Å². The highest BCUT2D eigenvalue weighted by Crippen LogP contribution is 2.31. The molecule has 0 radical (unpaired) electrons. The second-order valence-corrected chi connectivity index (χ2v) is 2.41. The van der Waals surface area contributed by atoms with Gasteiger partial charge in [0.1, 0.15) is 5.82 Å². The van der Waals surface area contributed by atoms with E-state index in [1.165, 1.54) is 13.2 Å². The van der Waals surface area contributed by atoms with Crippen molar-refractivity contribution in [3.05, 3.63) is 23.5 Å². The number of ether oxygens (including phenoxy) is 1. The van der Waals surface area contributed by atoms with Gasteiger partial charge in [-0.3, -0.25) is 0 Å². The predicted octanol–water partition coefficient (Wildman–Crippen LogP) is 1.02. The Morgan fingerprint density at radius 3 is 2.77 bits per heavy atom. The van der Waals surface area contributed by atoms with Crippen LogP contribution in [-0.2, 0) is 6.54 Å². The Morgan fingerprint density at radius 1 is 1.54 bits per heavy atom. The molecule has 4 nitrogen and oxygen atoms in total. The van der Waals surface area contributed by atoms with E-state index in [1.807, 2.05) is 0 Å². The van der Waals surface area contributed by atoms with Crippen LogP contribution in [0.4, 0.5) is 4.39 Å². The van der Waals surface area contributed by atoms with E-state index in [2.05, 4.69) is 0 Å². The molecule has 0 unspecified atom stereocenters. The molecule has 13 heavy (non-hydrogen) atoms. The fraction of sp³-hybridized carbons (Fsp3) is 0.250. The van der Waals surface area contributed by atoms with Crippen LogP contribution in [0.1, 0.15) is 5.56 Å². The molecule has 5 heteroatoms. The molecule has 0 atom stereocenters. The van der Waals surface area contributed by atoms with Gasteiger partial charge < -0.3 is 15.1 Å². The smallest absolute Gasteiger partial charge is 0.165 e. The minimum Gasteiger partial charge on any atom is -0.504 e. The van der Waals surface area contributed by atoms with Crippen molar-refractivity contribution < 1.29 is 19.4 Å². The van der Waals surface area contributed by atoms with Gasteiger partial charge in [0.15, 0.2) is 11.5 Å². The zero-order valence-corrected chi connectivity index (χ0v) is 7.04. The first-order valence-corrected chi connectivity index (χ1v) is 3.62. The summed E-state index contributed by atoms with van der Waals surface area (Å²) < 4.78 is 17.7. The summed E-state index contributed by atoms with van der Waals surface area (Å²) in [5.74, 6) is -0.726. The average Bonchev–Trinajstić information content (AvgIpc) is 2.12. The van der Waals surface area contributed by atoms with E-state index in [9.17, 15) is 9.50 Å². The van der Waals surface area contributed by atoms with E-state index < -0.39 is 5.82 Å². The number of rotatable bonds is 3. The molecular weight excluding hydrogens is 177 g/mol. The van der Waals surface area contributed by atoms with Crippen molar-refractivity contribution in [1.29, 1.82) is 0 Å². The number of aromatic hydroxyl groups is 1. The number of hydrogen-bond donors (Lipinski definition) is 3. The van der Waals surface area contributed by atoms with Crippen molar-refractivity contribution in [2.45, 2.75) is 6.54 Å². The fourth-order valence-corrected chi connectivity index (χ4v) is 1.00. The maximum Gasteiger partial charge on any atom is 0.165 e. The van der Waals surface area contributed by atoms with Crippen LogP contribution >= 0.6 is 0 Å². The van der Waals surface area contributed by atoms with Gasteiger partial charge in [-0.1, -0.05) is 0 Å². The van der Waals surface area contributed by atoms with Gasteiger partial charge in [0.25, 0.3) is 0 Å². The third kappa shape index (κ3) is 1.88. The minimum atomic E-state index is -0.597. The SMILES string of the molecule is COc1ccc(F)c(CNO)c1O. The molecule has 0 aromatic heterocycles. The lowest BCUT2D eigenvalue weighted by Crippen LogP contribution is -2.08. The lowest BCUT2D eigenvalue weighted by molar-refractivity contribution is 0.158. The van der Waals surface area contributed by atoms with Crippen LogP contribution < -0.4 is 10.2 Å². The predicted molar refractivity (Wildman–Crippen MR) is 43.2 cm³/mol. The normalized spacial score (nSPS) is 10.1. The number of hydroxylamine groups is 1. The summed E-state index contributed by atoms with van der Waals surface area (Å²) in [4.78, 5) is 0. The first-order valence-electron chi connectivity index (χ1n) is 3.62. The van der Waals surface area contributed by atoms with Crippen LogP contribution in [0.15, 0.2) is 12.1 Å². The lowest BCUT2D eigenvalue weighted by atomic mass is 10.1.